The topological polar surface area (TPSA) is 29.1 Å². The van der Waals surface area contributed by atoms with Crippen molar-refractivity contribution in [2.24, 2.45) is 41.4 Å². The first-order valence-electron chi connectivity index (χ1n) is 9.57. The van der Waals surface area contributed by atoms with E-state index in [-0.39, 0.29) is 0 Å². The molecule has 0 spiro atoms. The predicted molar refractivity (Wildman–Crippen MR) is 82.5 cm³/mol. The van der Waals surface area contributed by atoms with E-state index in [4.69, 9.17) is 0 Å². The van der Waals surface area contributed by atoms with Gasteiger partial charge in [-0.1, -0.05) is 12.8 Å². The number of fused-ring (bicyclic) bond motifs is 7. The smallest absolute Gasteiger partial charge is 0.220 e. The molecule has 1 amide bonds. The van der Waals surface area contributed by atoms with Crippen LogP contribution in [0.25, 0.3) is 0 Å². The van der Waals surface area contributed by atoms with Crippen LogP contribution in [0.2, 0.25) is 0 Å². The largest absolute Gasteiger partial charge is 0.353 e. The highest BCUT2D eigenvalue weighted by molar-refractivity contribution is 5.76. The molecule has 21 heavy (non-hydrogen) atoms. The van der Waals surface area contributed by atoms with E-state index in [1.165, 1.54) is 57.8 Å². The van der Waals surface area contributed by atoms with Gasteiger partial charge in [-0.25, -0.2) is 0 Å². The summed E-state index contributed by atoms with van der Waals surface area (Å²) < 4.78 is 0. The Labute approximate surface area is 128 Å². The molecule has 0 heterocycles. The normalized spacial score (nSPS) is 53.3. The van der Waals surface area contributed by atoms with Crippen LogP contribution in [0.3, 0.4) is 0 Å². The van der Waals surface area contributed by atoms with Crippen LogP contribution < -0.4 is 5.32 Å². The van der Waals surface area contributed by atoms with Gasteiger partial charge in [0.15, 0.2) is 0 Å². The van der Waals surface area contributed by atoms with Gasteiger partial charge in [0.2, 0.25) is 5.91 Å². The minimum absolute atomic E-state index is 0.389. The summed E-state index contributed by atoms with van der Waals surface area (Å²) >= 11 is 0. The second kappa shape index (κ2) is 4.73. The fourth-order valence-corrected chi connectivity index (χ4v) is 7.36. The molecule has 116 valence electrons. The van der Waals surface area contributed by atoms with Crippen molar-refractivity contribution in [2.45, 2.75) is 70.3 Å². The Balaban J connectivity index is 1.18. The van der Waals surface area contributed by atoms with Gasteiger partial charge in [-0.3, -0.25) is 4.79 Å². The molecule has 5 saturated carbocycles. The van der Waals surface area contributed by atoms with Crippen molar-refractivity contribution in [3.05, 3.63) is 0 Å². The minimum atomic E-state index is 0.389. The fourth-order valence-electron chi connectivity index (χ4n) is 7.36. The molecule has 5 aliphatic carbocycles. The van der Waals surface area contributed by atoms with Gasteiger partial charge in [-0.15, -0.1) is 0 Å². The molecule has 8 unspecified atom stereocenters. The number of amides is 1. The summed E-state index contributed by atoms with van der Waals surface area (Å²) in [5.41, 5.74) is 0. The fraction of sp³-hybridized carbons (Fsp3) is 0.947. The lowest BCUT2D eigenvalue weighted by atomic mass is 9.79. The standard InChI is InChI=1S/C19H29NO/c21-19(10-13-7-11-4-5-12(13)6-11)20-18-9-14-8-17(18)16-3-1-2-15(14)16/h11-18H,1-10H2,(H,20,21). The zero-order chi connectivity index (χ0) is 14.0. The van der Waals surface area contributed by atoms with Crippen molar-refractivity contribution in [3.8, 4) is 0 Å². The van der Waals surface area contributed by atoms with Crippen LogP contribution in [-0.4, -0.2) is 11.9 Å². The van der Waals surface area contributed by atoms with Crippen LogP contribution >= 0.6 is 0 Å². The number of hydrogen-bond donors (Lipinski definition) is 1. The van der Waals surface area contributed by atoms with E-state index in [0.717, 1.165) is 47.8 Å². The Morgan fingerprint density at radius 3 is 2.57 bits per heavy atom. The SMILES string of the molecule is O=C(CC1CC2CCC1C2)NC1CC2CC1C1CCCC21. The highest BCUT2D eigenvalue weighted by Crippen LogP contribution is 2.58. The van der Waals surface area contributed by atoms with E-state index in [0.29, 0.717) is 11.9 Å². The third-order valence-corrected chi connectivity index (χ3v) is 8.11. The maximum absolute atomic E-state index is 12.5. The third kappa shape index (κ3) is 2.00. The predicted octanol–water partition coefficient (Wildman–Crippen LogP) is 3.75. The van der Waals surface area contributed by atoms with Gasteiger partial charge in [0.1, 0.15) is 0 Å². The minimum Gasteiger partial charge on any atom is -0.353 e. The zero-order valence-electron chi connectivity index (χ0n) is 13.1. The molecule has 5 aliphatic rings. The lowest BCUT2D eigenvalue weighted by Crippen LogP contribution is -2.43. The first kappa shape index (κ1) is 13.0. The van der Waals surface area contributed by atoms with Crippen molar-refractivity contribution < 1.29 is 4.79 Å². The van der Waals surface area contributed by atoms with Crippen LogP contribution in [0, 0.1) is 41.4 Å². The molecule has 5 fully saturated rings. The van der Waals surface area contributed by atoms with E-state index < -0.39 is 0 Å². The van der Waals surface area contributed by atoms with Gasteiger partial charge in [-0.05, 0) is 86.4 Å². The zero-order valence-corrected chi connectivity index (χ0v) is 13.1. The lowest BCUT2D eigenvalue weighted by Gasteiger charge is -2.32. The summed E-state index contributed by atoms with van der Waals surface area (Å²) in [5.74, 6) is 6.77. The number of nitrogens with one attached hydrogen (secondary N) is 1. The van der Waals surface area contributed by atoms with Crippen molar-refractivity contribution >= 4 is 5.91 Å². The van der Waals surface area contributed by atoms with Gasteiger partial charge in [0.05, 0.1) is 0 Å². The third-order valence-electron chi connectivity index (χ3n) is 8.11. The van der Waals surface area contributed by atoms with Gasteiger partial charge >= 0.3 is 0 Å². The molecule has 2 heteroatoms. The summed E-state index contributed by atoms with van der Waals surface area (Å²) in [4.78, 5) is 12.5. The molecule has 5 rings (SSSR count). The Bertz CT molecular complexity index is 447. The highest BCUT2D eigenvalue weighted by Gasteiger charge is 2.54. The monoisotopic (exact) mass is 287 g/mol. The summed E-state index contributed by atoms with van der Waals surface area (Å²) in [6.07, 6.45) is 13.6. The van der Waals surface area contributed by atoms with Crippen molar-refractivity contribution in [2.75, 3.05) is 0 Å². The number of rotatable bonds is 3. The molecular weight excluding hydrogens is 258 g/mol. The Kier molecular flexibility index (Phi) is 2.92. The number of hydrogen-bond acceptors (Lipinski definition) is 1. The Morgan fingerprint density at radius 1 is 0.857 bits per heavy atom. The van der Waals surface area contributed by atoms with E-state index in [9.17, 15) is 4.79 Å². The van der Waals surface area contributed by atoms with E-state index >= 15 is 0 Å². The van der Waals surface area contributed by atoms with Gasteiger partial charge in [0, 0.05) is 12.5 Å². The Hall–Kier alpha value is -0.530. The van der Waals surface area contributed by atoms with E-state index in [1.54, 1.807) is 0 Å². The summed E-state index contributed by atoms with van der Waals surface area (Å²) in [7, 11) is 0. The van der Waals surface area contributed by atoms with Crippen LogP contribution in [-0.2, 0) is 4.79 Å². The summed E-state index contributed by atoms with van der Waals surface area (Å²) in [6.45, 7) is 0. The van der Waals surface area contributed by atoms with Crippen molar-refractivity contribution in [3.63, 3.8) is 0 Å². The number of carbonyl (C=O) groups excluding carboxylic acids is 1. The molecule has 0 aromatic carbocycles. The molecule has 0 aromatic heterocycles. The molecule has 1 N–H and O–H groups in total. The van der Waals surface area contributed by atoms with Crippen molar-refractivity contribution in [1.29, 1.82) is 0 Å². The molecular formula is C19H29NO. The molecule has 2 nitrogen and oxygen atoms in total. The average Bonchev–Trinajstić information content (AvgIpc) is 3.23. The molecule has 0 aromatic rings. The van der Waals surface area contributed by atoms with Gasteiger partial charge in [0.25, 0.3) is 0 Å². The first-order chi connectivity index (χ1) is 10.3. The molecule has 0 aliphatic heterocycles. The molecule has 8 atom stereocenters. The quantitative estimate of drug-likeness (QED) is 0.841. The first-order valence-corrected chi connectivity index (χ1v) is 9.57. The summed E-state index contributed by atoms with van der Waals surface area (Å²) in [5, 5.41) is 3.47. The van der Waals surface area contributed by atoms with E-state index in [1.807, 2.05) is 0 Å². The molecule has 0 radical (unpaired) electrons. The second-order valence-corrected chi connectivity index (χ2v) is 8.97. The molecule has 4 bridgehead atoms. The second-order valence-electron chi connectivity index (χ2n) is 8.97. The van der Waals surface area contributed by atoms with Crippen LogP contribution in [0.15, 0.2) is 0 Å². The van der Waals surface area contributed by atoms with Gasteiger partial charge in [-0.2, -0.15) is 0 Å². The maximum atomic E-state index is 12.5. The highest BCUT2D eigenvalue weighted by atomic mass is 16.1. The summed E-state index contributed by atoms with van der Waals surface area (Å²) in [6, 6.07) is 0.542. The van der Waals surface area contributed by atoms with Gasteiger partial charge < -0.3 is 5.32 Å². The van der Waals surface area contributed by atoms with Crippen LogP contribution in [0.5, 0.6) is 0 Å². The van der Waals surface area contributed by atoms with Crippen molar-refractivity contribution in [1.82, 2.24) is 5.32 Å². The number of carbonyl (C=O) groups is 1. The Morgan fingerprint density at radius 2 is 1.76 bits per heavy atom. The average molecular weight is 287 g/mol. The maximum Gasteiger partial charge on any atom is 0.220 e. The molecule has 0 saturated heterocycles. The van der Waals surface area contributed by atoms with Crippen LogP contribution in [0.4, 0.5) is 0 Å². The lowest BCUT2D eigenvalue weighted by molar-refractivity contribution is -0.123. The van der Waals surface area contributed by atoms with E-state index in [2.05, 4.69) is 5.32 Å². The van der Waals surface area contributed by atoms with Crippen LogP contribution in [0.1, 0.15) is 64.2 Å².